The fraction of sp³-hybridized carbons (Fsp3) is 0.462. The summed E-state index contributed by atoms with van der Waals surface area (Å²) in [6, 6.07) is 1.80. The Morgan fingerprint density at radius 3 is 2.68 bits per heavy atom. The van der Waals surface area contributed by atoms with Crippen molar-refractivity contribution in [3.63, 3.8) is 0 Å². The van der Waals surface area contributed by atoms with Gasteiger partial charge in [-0.2, -0.15) is 13.2 Å². The van der Waals surface area contributed by atoms with Gasteiger partial charge < -0.3 is 10.4 Å². The molecule has 0 aliphatic heterocycles. The fourth-order valence-electron chi connectivity index (χ4n) is 2.67. The number of halogens is 3. The van der Waals surface area contributed by atoms with Crippen molar-refractivity contribution in [2.75, 3.05) is 0 Å². The summed E-state index contributed by atoms with van der Waals surface area (Å²) in [7, 11) is 0. The Balaban J connectivity index is 2.41. The molecule has 1 aliphatic rings. The number of carbonyl (C=O) groups excluding carboxylic acids is 1. The fourth-order valence-corrected chi connectivity index (χ4v) is 2.67. The summed E-state index contributed by atoms with van der Waals surface area (Å²) in [6.45, 7) is -0.539. The number of nitro groups is 1. The number of benzene rings is 1. The Bertz CT molecular complexity index is 616. The summed E-state index contributed by atoms with van der Waals surface area (Å²) in [5.74, 6) is -2.07. The van der Waals surface area contributed by atoms with Gasteiger partial charge in [0, 0.05) is 5.56 Å². The molecule has 0 aromatic heterocycles. The van der Waals surface area contributed by atoms with Crippen molar-refractivity contribution in [3.8, 4) is 0 Å². The zero-order valence-corrected chi connectivity index (χ0v) is 11.3. The van der Waals surface area contributed by atoms with E-state index >= 15 is 0 Å². The number of nitrogens with zero attached hydrogens (tertiary/aromatic N) is 1. The molecule has 0 fully saturated rings. The number of amides is 1. The topological polar surface area (TPSA) is 92.5 Å². The first-order chi connectivity index (χ1) is 10.3. The highest BCUT2D eigenvalue weighted by atomic mass is 19.4. The zero-order valence-electron chi connectivity index (χ0n) is 11.3. The Hall–Kier alpha value is -2.16. The van der Waals surface area contributed by atoms with Crippen LogP contribution in [0.2, 0.25) is 0 Å². The first-order valence-corrected chi connectivity index (χ1v) is 6.53. The maximum absolute atomic E-state index is 12.4. The van der Waals surface area contributed by atoms with Crippen molar-refractivity contribution in [2.24, 2.45) is 0 Å². The van der Waals surface area contributed by atoms with E-state index in [0.29, 0.717) is 18.4 Å². The Kier molecular flexibility index (Phi) is 4.36. The summed E-state index contributed by atoms with van der Waals surface area (Å²) in [5, 5.41) is 22.2. The largest absolute Gasteiger partial charge is 0.471 e. The van der Waals surface area contributed by atoms with Gasteiger partial charge in [0.25, 0.3) is 5.69 Å². The summed E-state index contributed by atoms with van der Waals surface area (Å²) >= 11 is 0. The summed E-state index contributed by atoms with van der Waals surface area (Å²) in [6.07, 6.45) is -4.01. The normalized spacial score (nSPS) is 17.7. The number of aliphatic hydroxyl groups is 1. The summed E-state index contributed by atoms with van der Waals surface area (Å²) in [5.41, 5.74) is 0.389. The third-order valence-electron chi connectivity index (χ3n) is 3.61. The molecule has 1 amide bonds. The van der Waals surface area contributed by atoms with Crippen LogP contribution in [-0.4, -0.2) is 22.1 Å². The van der Waals surface area contributed by atoms with Crippen LogP contribution in [-0.2, 0) is 17.8 Å². The molecule has 1 aliphatic carbocycles. The van der Waals surface area contributed by atoms with Crippen LogP contribution in [0.4, 0.5) is 18.9 Å². The standard InChI is InChI=1S/C13H13F3N2O4/c14-13(15,16)12(20)17-10-3-1-2-9-8(10)5-4-7(6-19)11(9)18(21)22/h4-5,10,19H,1-3,6H2,(H,17,20). The maximum atomic E-state index is 12.4. The molecule has 2 N–H and O–H groups in total. The van der Waals surface area contributed by atoms with Crippen LogP contribution in [0, 0.1) is 10.1 Å². The monoisotopic (exact) mass is 318 g/mol. The van der Waals surface area contributed by atoms with E-state index in [2.05, 4.69) is 0 Å². The van der Waals surface area contributed by atoms with E-state index in [0.717, 1.165) is 0 Å². The molecule has 1 aromatic rings. The van der Waals surface area contributed by atoms with Gasteiger partial charge in [-0.25, -0.2) is 0 Å². The van der Waals surface area contributed by atoms with Gasteiger partial charge in [0.1, 0.15) is 0 Å². The van der Waals surface area contributed by atoms with E-state index in [4.69, 9.17) is 5.11 Å². The number of aliphatic hydroxyl groups excluding tert-OH is 1. The van der Waals surface area contributed by atoms with Crippen LogP contribution >= 0.6 is 0 Å². The lowest BCUT2D eigenvalue weighted by Crippen LogP contribution is -2.40. The van der Waals surface area contributed by atoms with E-state index < -0.39 is 29.7 Å². The predicted octanol–water partition coefficient (Wildman–Crippen LogP) is 2.14. The van der Waals surface area contributed by atoms with E-state index in [9.17, 15) is 28.1 Å². The molecule has 1 unspecified atom stereocenters. The van der Waals surface area contributed by atoms with Crippen molar-refractivity contribution in [3.05, 3.63) is 38.9 Å². The number of nitro benzene ring substituents is 1. The van der Waals surface area contributed by atoms with Gasteiger partial charge in [0.05, 0.1) is 23.1 Å². The lowest BCUT2D eigenvalue weighted by molar-refractivity contribution is -0.386. The van der Waals surface area contributed by atoms with E-state index in [1.165, 1.54) is 12.1 Å². The number of alkyl halides is 3. The molecule has 0 radical (unpaired) electrons. The second-order valence-electron chi connectivity index (χ2n) is 4.97. The molecule has 120 valence electrons. The van der Waals surface area contributed by atoms with Crippen molar-refractivity contribution in [1.29, 1.82) is 0 Å². The average Bonchev–Trinajstić information content (AvgIpc) is 2.44. The van der Waals surface area contributed by atoms with Crippen LogP contribution in [0.1, 0.15) is 35.6 Å². The molecule has 1 atom stereocenters. The SMILES string of the molecule is O=C(NC1CCCc2c1ccc(CO)c2[N+](=O)[O-])C(F)(F)F. The third kappa shape index (κ3) is 3.03. The quantitative estimate of drug-likeness (QED) is 0.659. The van der Waals surface area contributed by atoms with Crippen molar-refractivity contribution in [1.82, 2.24) is 5.32 Å². The average molecular weight is 318 g/mol. The van der Waals surface area contributed by atoms with Crippen LogP contribution < -0.4 is 5.32 Å². The van der Waals surface area contributed by atoms with Gasteiger partial charge in [-0.05, 0) is 30.9 Å². The molecule has 0 saturated carbocycles. The maximum Gasteiger partial charge on any atom is 0.471 e. The number of nitrogens with one attached hydrogen (secondary N) is 1. The first kappa shape index (κ1) is 16.2. The van der Waals surface area contributed by atoms with Crippen LogP contribution in [0.3, 0.4) is 0 Å². The van der Waals surface area contributed by atoms with Crippen molar-refractivity contribution >= 4 is 11.6 Å². The van der Waals surface area contributed by atoms with Crippen molar-refractivity contribution < 1.29 is 28.0 Å². The molecule has 2 rings (SSSR count). The molecule has 0 bridgehead atoms. The van der Waals surface area contributed by atoms with Gasteiger partial charge in [-0.3, -0.25) is 14.9 Å². The molecule has 0 saturated heterocycles. The third-order valence-corrected chi connectivity index (χ3v) is 3.61. The van der Waals surface area contributed by atoms with Crippen LogP contribution in [0.15, 0.2) is 12.1 Å². The molecule has 1 aromatic carbocycles. The minimum Gasteiger partial charge on any atom is -0.391 e. The number of fused-ring (bicyclic) bond motifs is 1. The lowest BCUT2D eigenvalue weighted by atomic mass is 9.85. The summed E-state index contributed by atoms with van der Waals surface area (Å²) in [4.78, 5) is 21.6. The minimum absolute atomic E-state index is 0.103. The van der Waals surface area contributed by atoms with Gasteiger partial charge in [0.15, 0.2) is 0 Å². The Morgan fingerprint density at radius 1 is 1.45 bits per heavy atom. The zero-order chi connectivity index (χ0) is 16.5. The van der Waals surface area contributed by atoms with Crippen LogP contribution in [0.5, 0.6) is 0 Å². The van der Waals surface area contributed by atoms with Gasteiger partial charge >= 0.3 is 12.1 Å². The van der Waals surface area contributed by atoms with E-state index in [-0.39, 0.29) is 23.2 Å². The molecular formula is C13H13F3N2O4. The van der Waals surface area contributed by atoms with Crippen LogP contribution in [0.25, 0.3) is 0 Å². The Labute approximate surface area is 123 Å². The predicted molar refractivity (Wildman–Crippen MR) is 68.9 cm³/mol. The number of carbonyl (C=O) groups is 1. The first-order valence-electron chi connectivity index (χ1n) is 6.53. The molecule has 0 spiro atoms. The Morgan fingerprint density at radius 2 is 2.14 bits per heavy atom. The van der Waals surface area contributed by atoms with Gasteiger partial charge in [0.2, 0.25) is 0 Å². The van der Waals surface area contributed by atoms with E-state index in [1.807, 2.05) is 5.32 Å². The molecule has 22 heavy (non-hydrogen) atoms. The highest BCUT2D eigenvalue weighted by molar-refractivity contribution is 5.82. The highest BCUT2D eigenvalue weighted by Gasteiger charge is 2.41. The van der Waals surface area contributed by atoms with Crippen molar-refractivity contribution in [2.45, 2.75) is 38.1 Å². The van der Waals surface area contributed by atoms with Gasteiger partial charge in [-0.15, -0.1) is 0 Å². The number of rotatable bonds is 3. The molecular weight excluding hydrogens is 305 g/mol. The molecule has 9 heteroatoms. The summed E-state index contributed by atoms with van der Waals surface area (Å²) < 4.78 is 37.1. The minimum atomic E-state index is -5.01. The lowest BCUT2D eigenvalue weighted by Gasteiger charge is -2.27. The van der Waals surface area contributed by atoms with E-state index in [1.54, 1.807) is 0 Å². The number of hydrogen-bond acceptors (Lipinski definition) is 4. The van der Waals surface area contributed by atoms with Gasteiger partial charge in [-0.1, -0.05) is 6.07 Å². The molecule has 6 nitrogen and oxygen atoms in total. The highest BCUT2D eigenvalue weighted by Crippen LogP contribution is 2.37. The smallest absolute Gasteiger partial charge is 0.391 e. The molecule has 0 heterocycles. The number of hydrogen-bond donors (Lipinski definition) is 2. The second kappa shape index (κ2) is 5.91. The second-order valence-corrected chi connectivity index (χ2v) is 4.97.